The Morgan fingerprint density at radius 3 is 2.50 bits per heavy atom. The van der Waals surface area contributed by atoms with Crippen LogP contribution < -0.4 is 20.9 Å². The highest BCUT2D eigenvalue weighted by Gasteiger charge is 2.48. The van der Waals surface area contributed by atoms with Gasteiger partial charge in [-0.3, -0.25) is 14.8 Å². The molecule has 1 aromatic heterocycles. The molecule has 0 radical (unpaired) electrons. The molecule has 3 aromatic carbocycles. The van der Waals surface area contributed by atoms with Gasteiger partial charge in [-0.15, -0.1) is 0 Å². The van der Waals surface area contributed by atoms with E-state index in [9.17, 15) is 13.6 Å². The van der Waals surface area contributed by atoms with Gasteiger partial charge in [-0.1, -0.05) is 6.07 Å². The zero-order chi connectivity index (χ0) is 32.7. The topological polar surface area (TPSA) is 97.6 Å². The number of carbonyl (C=O) groups is 1. The number of amides is 1. The molecule has 11 heteroatoms. The van der Waals surface area contributed by atoms with Crippen LogP contribution in [0.3, 0.4) is 0 Å². The lowest BCUT2D eigenvalue weighted by Crippen LogP contribution is -2.57. The summed E-state index contributed by atoms with van der Waals surface area (Å²) in [5.41, 5.74) is 5.17. The molecular formula is C37H43F2N7O2. The molecule has 3 aliphatic heterocycles. The Morgan fingerprint density at radius 2 is 1.75 bits per heavy atom. The van der Waals surface area contributed by atoms with Gasteiger partial charge in [-0.05, 0) is 104 Å². The van der Waals surface area contributed by atoms with Crippen LogP contribution in [0.15, 0.2) is 54.6 Å². The lowest BCUT2D eigenvalue weighted by atomic mass is 9.64. The van der Waals surface area contributed by atoms with Crippen LogP contribution in [0, 0.1) is 17.0 Å². The van der Waals surface area contributed by atoms with Crippen molar-refractivity contribution in [1.29, 1.82) is 0 Å². The van der Waals surface area contributed by atoms with Crippen LogP contribution in [0.4, 0.5) is 26.0 Å². The number of halogens is 2. The van der Waals surface area contributed by atoms with E-state index in [1.165, 1.54) is 44.5 Å². The van der Waals surface area contributed by atoms with E-state index in [1.54, 1.807) is 0 Å². The van der Waals surface area contributed by atoms with Gasteiger partial charge in [-0.25, -0.2) is 8.78 Å². The smallest absolute Gasteiger partial charge is 0.258 e. The SMILES string of the molecule is O=C(Nc1n[nH]c2ccc(Cc3cc(F)cc(F)c3)cc12)c1ccc(N2CCN(C3CC4(CCNC4)C3)CC2)cc1NC1CCOCC1. The Morgan fingerprint density at radius 1 is 0.958 bits per heavy atom. The van der Waals surface area contributed by atoms with Crippen molar-refractivity contribution in [2.45, 2.75) is 50.6 Å². The fraction of sp³-hybridized carbons (Fsp3) is 0.459. The Hall–Kier alpha value is -4.06. The highest BCUT2D eigenvalue weighted by Crippen LogP contribution is 2.48. The number of rotatable bonds is 8. The lowest BCUT2D eigenvalue weighted by molar-refractivity contribution is 0.0113. The van der Waals surface area contributed by atoms with Crippen molar-refractivity contribution in [3.8, 4) is 0 Å². The Bertz CT molecular complexity index is 1760. The minimum Gasteiger partial charge on any atom is -0.381 e. The zero-order valence-electron chi connectivity index (χ0n) is 27.2. The summed E-state index contributed by atoms with van der Waals surface area (Å²) < 4.78 is 33.2. The van der Waals surface area contributed by atoms with Crippen molar-refractivity contribution in [3.05, 3.63) is 82.9 Å². The standard InChI is InChI=1S/C37H43F2N7O2/c38-26-16-25(17-27(39)19-26)15-24-1-4-33-32(18-24)35(44-43-33)42-36(47)31-3-2-29(20-34(31)41-28-5-13-48-14-6-28)45-9-11-46(12-10-45)30-21-37(22-30)7-8-40-23-37/h1-4,16-20,28,30,40-41H,5-15,21-23H2,(H2,42,43,44,47). The third-order valence-electron chi connectivity index (χ3n) is 10.9. The van der Waals surface area contributed by atoms with Crippen molar-refractivity contribution >= 4 is 34.0 Å². The van der Waals surface area contributed by atoms with Gasteiger partial charge in [0.1, 0.15) is 11.6 Å². The van der Waals surface area contributed by atoms with Crippen LogP contribution >= 0.6 is 0 Å². The van der Waals surface area contributed by atoms with Crippen molar-refractivity contribution in [2.75, 3.05) is 68.0 Å². The summed E-state index contributed by atoms with van der Waals surface area (Å²) in [7, 11) is 0. The number of ether oxygens (including phenoxy) is 1. The number of hydrogen-bond donors (Lipinski definition) is 4. The van der Waals surface area contributed by atoms with E-state index in [4.69, 9.17) is 4.74 Å². The molecule has 1 aliphatic carbocycles. The number of fused-ring (bicyclic) bond motifs is 1. The van der Waals surface area contributed by atoms with Crippen LogP contribution in [-0.2, 0) is 11.2 Å². The fourth-order valence-corrected chi connectivity index (χ4v) is 8.19. The van der Waals surface area contributed by atoms with Crippen LogP contribution in [0.5, 0.6) is 0 Å². The lowest BCUT2D eigenvalue weighted by Gasteiger charge is -2.52. The second kappa shape index (κ2) is 13.1. The molecule has 0 unspecified atom stereocenters. The molecule has 1 amide bonds. The van der Waals surface area contributed by atoms with Crippen LogP contribution in [0.1, 0.15) is 53.6 Å². The average Bonchev–Trinajstić information content (AvgIpc) is 3.72. The number of aromatic amines is 1. The van der Waals surface area contributed by atoms with Gasteiger partial charge in [0.05, 0.1) is 11.1 Å². The number of hydrogen-bond acceptors (Lipinski definition) is 7. The van der Waals surface area contributed by atoms with E-state index in [-0.39, 0.29) is 11.9 Å². The first-order valence-electron chi connectivity index (χ1n) is 17.3. The van der Waals surface area contributed by atoms with Gasteiger partial charge < -0.3 is 25.6 Å². The Labute approximate surface area is 279 Å². The summed E-state index contributed by atoms with van der Waals surface area (Å²) in [6.07, 6.45) is 6.07. The van der Waals surface area contributed by atoms with E-state index in [2.05, 4.69) is 48.1 Å². The number of carbonyl (C=O) groups excluding carboxylic acids is 1. The average molecular weight is 656 g/mol. The number of nitrogens with zero attached hydrogens (tertiary/aromatic N) is 3. The van der Waals surface area contributed by atoms with Crippen LogP contribution in [0.2, 0.25) is 0 Å². The number of nitrogens with one attached hydrogen (secondary N) is 4. The number of benzene rings is 3. The summed E-state index contributed by atoms with van der Waals surface area (Å²) in [4.78, 5) is 19.0. The molecule has 4 aliphatic rings. The number of aromatic nitrogens is 2. The van der Waals surface area contributed by atoms with E-state index in [0.717, 1.165) is 72.9 Å². The van der Waals surface area contributed by atoms with Crippen molar-refractivity contribution in [1.82, 2.24) is 20.4 Å². The van der Waals surface area contributed by atoms with E-state index in [1.807, 2.05) is 24.3 Å². The molecule has 1 spiro atoms. The van der Waals surface area contributed by atoms with Gasteiger partial charge >= 0.3 is 0 Å². The molecule has 0 bridgehead atoms. The molecule has 1 saturated carbocycles. The van der Waals surface area contributed by atoms with Crippen LogP contribution in [-0.4, -0.2) is 85.6 Å². The molecule has 3 saturated heterocycles. The quantitative estimate of drug-likeness (QED) is 0.198. The van der Waals surface area contributed by atoms with E-state index >= 15 is 0 Å². The van der Waals surface area contributed by atoms with Gasteiger partial charge in [-0.2, -0.15) is 5.10 Å². The second-order valence-corrected chi connectivity index (χ2v) is 14.1. The van der Waals surface area contributed by atoms with Crippen molar-refractivity contribution in [2.24, 2.45) is 5.41 Å². The summed E-state index contributed by atoms with van der Waals surface area (Å²) in [5, 5.41) is 18.4. The summed E-state index contributed by atoms with van der Waals surface area (Å²) >= 11 is 0. The number of anilines is 3. The summed E-state index contributed by atoms with van der Waals surface area (Å²) in [5.74, 6) is -1.06. The number of H-pyrrole nitrogens is 1. The van der Waals surface area contributed by atoms with Gasteiger partial charge in [0.2, 0.25) is 0 Å². The largest absolute Gasteiger partial charge is 0.381 e. The molecule has 48 heavy (non-hydrogen) atoms. The molecule has 4 heterocycles. The van der Waals surface area contributed by atoms with Crippen molar-refractivity contribution in [3.63, 3.8) is 0 Å². The minimum absolute atomic E-state index is 0.217. The molecule has 4 N–H and O–H groups in total. The molecule has 0 atom stereocenters. The van der Waals surface area contributed by atoms with Gasteiger partial charge in [0.25, 0.3) is 5.91 Å². The zero-order valence-corrected chi connectivity index (χ0v) is 27.2. The summed E-state index contributed by atoms with van der Waals surface area (Å²) in [6, 6.07) is 16.2. The predicted molar refractivity (Wildman–Crippen MR) is 184 cm³/mol. The molecule has 4 fully saturated rings. The monoisotopic (exact) mass is 655 g/mol. The highest BCUT2D eigenvalue weighted by atomic mass is 19.1. The first-order valence-corrected chi connectivity index (χ1v) is 17.3. The summed E-state index contributed by atoms with van der Waals surface area (Å²) in [6.45, 7) is 7.79. The first kappa shape index (κ1) is 31.2. The van der Waals surface area contributed by atoms with Gasteiger partial charge in [0.15, 0.2) is 5.82 Å². The molecule has 252 valence electrons. The second-order valence-electron chi connectivity index (χ2n) is 14.1. The Kier molecular flexibility index (Phi) is 8.52. The van der Waals surface area contributed by atoms with E-state index < -0.39 is 11.6 Å². The normalized spacial score (nSPS) is 23.5. The molecular weight excluding hydrogens is 612 g/mol. The minimum atomic E-state index is -0.607. The van der Waals surface area contributed by atoms with E-state index in [0.29, 0.717) is 48.0 Å². The van der Waals surface area contributed by atoms with Crippen molar-refractivity contribution < 1.29 is 18.3 Å². The number of piperazine rings is 1. The molecule has 4 aromatic rings. The molecule has 9 nitrogen and oxygen atoms in total. The third kappa shape index (κ3) is 6.51. The first-order chi connectivity index (χ1) is 23.4. The highest BCUT2D eigenvalue weighted by molar-refractivity contribution is 6.11. The Balaban J connectivity index is 0.985. The molecule has 8 rings (SSSR count). The fourth-order valence-electron chi connectivity index (χ4n) is 8.19. The maximum Gasteiger partial charge on any atom is 0.258 e. The third-order valence-corrected chi connectivity index (χ3v) is 10.9. The maximum atomic E-state index is 13.9. The predicted octanol–water partition coefficient (Wildman–Crippen LogP) is 5.54. The maximum absolute atomic E-state index is 13.9. The van der Waals surface area contributed by atoms with Crippen LogP contribution in [0.25, 0.3) is 10.9 Å². The van der Waals surface area contributed by atoms with Gasteiger partial charge in [0, 0.05) is 80.8 Å².